The van der Waals surface area contributed by atoms with Crippen molar-refractivity contribution < 1.29 is 9.84 Å². The number of rotatable bonds is 1. The van der Waals surface area contributed by atoms with Gasteiger partial charge >= 0.3 is 0 Å². The van der Waals surface area contributed by atoms with Crippen molar-refractivity contribution in [2.75, 3.05) is 13.2 Å². The van der Waals surface area contributed by atoms with Crippen molar-refractivity contribution >= 4 is 0 Å². The molecule has 0 saturated heterocycles. The lowest BCUT2D eigenvalue weighted by Crippen LogP contribution is -1.82. The van der Waals surface area contributed by atoms with Crippen molar-refractivity contribution in [1.82, 2.24) is 0 Å². The van der Waals surface area contributed by atoms with E-state index in [2.05, 4.69) is 28.6 Å². The maximum Gasteiger partial charge on any atom is 0.160 e. The molecule has 0 rings (SSSR count). The van der Waals surface area contributed by atoms with Gasteiger partial charge in [-0.3, -0.25) is 0 Å². The van der Waals surface area contributed by atoms with Gasteiger partial charge in [0.1, 0.15) is 12.7 Å². The van der Waals surface area contributed by atoms with E-state index in [9.17, 15) is 0 Å². The Morgan fingerprint density at radius 2 is 2.22 bits per heavy atom. The summed E-state index contributed by atoms with van der Waals surface area (Å²) < 4.78 is 4.62. The minimum Gasteiger partial charge on any atom is -0.433 e. The van der Waals surface area contributed by atoms with Crippen LogP contribution in [0.5, 0.6) is 0 Å². The van der Waals surface area contributed by atoms with Crippen molar-refractivity contribution in [3.63, 3.8) is 0 Å². The Hall–Kier alpha value is -1.12. The first kappa shape index (κ1) is 7.88. The molecule has 0 spiro atoms. The molecular weight excluding hydrogens is 116 g/mol. The van der Waals surface area contributed by atoms with Gasteiger partial charge in [0.2, 0.25) is 0 Å². The maximum atomic E-state index is 8.13. The highest BCUT2D eigenvalue weighted by Crippen LogP contribution is 1.65. The van der Waals surface area contributed by atoms with Crippen LogP contribution in [0, 0.1) is 23.9 Å². The lowest BCUT2D eigenvalue weighted by Gasteiger charge is -1.82. The van der Waals surface area contributed by atoms with Gasteiger partial charge < -0.3 is 9.84 Å². The molecule has 2 heteroatoms. The number of ether oxygens (including phenoxy) is 1. The standard InChI is InChI=1S/C7H8O2/c1-2-3-6-9-7-4-5-8/h8H,5-6H2,1H3. The van der Waals surface area contributed by atoms with Crippen molar-refractivity contribution in [2.24, 2.45) is 0 Å². The predicted molar refractivity (Wildman–Crippen MR) is 34.3 cm³/mol. The Balaban J connectivity index is 3.15. The van der Waals surface area contributed by atoms with Crippen LogP contribution in [-0.2, 0) is 4.74 Å². The second-order valence-corrected chi connectivity index (χ2v) is 1.15. The van der Waals surface area contributed by atoms with E-state index >= 15 is 0 Å². The van der Waals surface area contributed by atoms with Crippen LogP contribution in [0.15, 0.2) is 0 Å². The summed E-state index contributed by atoms with van der Waals surface area (Å²) in [5.74, 6) is 7.61. The van der Waals surface area contributed by atoms with E-state index in [-0.39, 0.29) is 6.61 Å². The normalized spacial score (nSPS) is 6.00. The average molecular weight is 124 g/mol. The third kappa shape index (κ3) is 6.88. The summed E-state index contributed by atoms with van der Waals surface area (Å²) in [6.07, 6.45) is 2.27. The fraction of sp³-hybridized carbons (Fsp3) is 0.429. The van der Waals surface area contributed by atoms with Gasteiger partial charge in [0.15, 0.2) is 6.61 Å². The first-order valence-electron chi connectivity index (χ1n) is 2.52. The van der Waals surface area contributed by atoms with Crippen LogP contribution in [0.3, 0.4) is 0 Å². The zero-order valence-electron chi connectivity index (χ0n) is 5.27. The molecule has 0 aromatic heterocycles. The summed E-state index contributed by atoms with van der Waals surface area (Å²) in [6.45, 7) is 1.87. The van der Waals surface area contributed by atoms with Crippen LogP contribution in [0.2, 0.25) is 0 Å². The van der Waals surface area contributed by atoms with Crippen LogP contribution < -0.4 is 0 Å². The average Bonchev–Trinajstić information content (AvgIpc) is 1.89. The van der Waals surface area contributed by atoms with Gasteiger partial charge in [-0.05, 0) is 12.8 Å². The molecule has 0 radical (unpaired) electrons. The fourth-order valence-electron chi connectivity index (χ4n) is 0.228. The molecule has 0 aromatic rings. The second-order valence-electron chi connectivity index (χ2n) is 1.15. The molecule has 0 unspecified atom stereocenters. The monoisotopic (exact) mass is 124 g/mol. The van der Waals surface area contributed by atoms with Gasteiger partial charge in [0.25, 0.3) is 0 Å². The highest BCUT2D eigenvalue weighted by atomic mass is 16.5. The molecule has 9 heavy (non-hydrogen) atoms. The van der Waals surface area contributed by atoms with Crippen LogP contribution >= 0.6 is 0 Å². The van der Waals surface area contributed by atoms with E-state index in [1.165, 1.54) is 0 Å². The minimum atomic E-state index is -0.167. The SMILES string of the molecule is CC#CCOC#CCO. The van der Waals surface area contributed by atoms with Gasteiger partial charge in [-0.15, -0.1) is 5.92 Å². The van der Waals surface area contributed by atoms with Gasteiger partial charge in [0, 0.05) is 0 Å². The van der Waals surface area contributed by atoms with Crippen LogP contribution in [0.4, 0.5) is 0 Å². The van der Waals surface area contributed by atoms with Crippen molar-refractivity contribution in [1.29, 1.82) is 0 Å². The molecule has 0 aliphatic heterocycles. The predicted octanol–water partition coefficient (Wildman–Crippen LogP) is -0.0205. The Bertz CT molecular complexity index is 163. The Labute approximate surface area is 54.8 Å². The number of aliphatic hydroxyl groups is 1. The zero-order valence-corrected chi connectivity index (χ0v) is 5.27. The lowest BCUT2D eigenvalue weighted by molar-refractivity contribution is 0.319. The summed E-state index contributed by atoms with van der Waals surface area (Å²) in [4.78, 5) is 0. The van der Waals surface area contributed by atoms with E-state index in [1.54, 1.807) is 6.92 Å². The maximum absolute atomic E-state index is 8.13. The number of hydrogen-bond acceptors (Lipinski definition) is 2. The molecule has 0 heterocycles. The summed E-state index contributed by atoms with van der Waals surface area (Å²) in [6, 6.07) is 0. The van der Waals surface area contributed by atoms with E-state index in [0.717, 1.165) is 0 Å². The van der Waals surface area contributed by atoms with Crippen molar-refractivity contribution in [3.8, 4) is 23.9 Å². The lowest BCUT2D eigenvalue weighted by atomic mass is 10.6. The van der Waals surface area contributed by atoms with Crippen LogP contribution in [0.25, 0.3) is 0 Å². The van der Waals surface area contributed by atoms with Gasteiger partial charge in [-0.1, -0.05) is 5.92 Å². The second kappa shape index (κ2) is 6.88. The number of hydrogen-bond donors (Lipinski definition) is 1. The summed E-state index contributed by atoms with van der Waals surface area (Å²) in [5.41, 5.74) is 0. The van der Waals surface area contributed by atoms with Gasteiger partial charge in [-0.2, -0.15) is 0 Å². The molecule has 0 aliphatic carbocycles. The Kier molecular flexibility index (Phi) is 6.02. The van der Waals surface area contributed by atoms with Gasteiger partial charge in [-0.25, -0.2) is 0 Å². The topological polar surface area (TPSA) is 29.5 Å². The largest absolute Gasteiger partial charge is 0.433 e. The zero-order chi connectivity index (χ0) is 6.95. The first-order chi connectivity index (χ1) is 4.41. The van der Waals surface area contributed by atoms with E-state index in [0.29, 0.717) is 6.61 Å². The van der Waals surface area contributed by atoms with E-state index < -0.39 is 0 Å². The third-order valence-corrected chi connectivity index (χ3v) is 0.545. The summed E-state index contributed by atoms with van der Waals surface area (Å²) in [7, 11) is 0. The molecular formula is C7H8O2. The Morgan fingerprint density at radius 1 is 1.44 bits per heavy atom. The van der Waals surface area contributed by atoms with E-state index in [4.69, 9.17) is 5.11 Å². The molecule has 0 amide bonds. The van der Waals surface area contributed by atoms with Gasteiger partial charge in [0.05, 0.1) is 0 Å². The highest BCUT2D eigenvalue weighted by Gasteiger charge is 1.68. The highest BCUT2D eigenvalue weighted by molar-refractivity contribution is 4.98. The smallest absolute Gasteiger partial charge is 0.160 e. The first-order valence-corrected chi connectivity index (χ1v) is 2.52. The summed E-state index contributed by atoms with van der Waals surface area (Å²) >= 11 is 0. The molecule has 0 bridgehead atoms. The van der Waals surface area contributed by atoms with E-state index in [1.807, 2.05) is 0 Å². The molecule has 0 fully saturated rings. The third-order valence-electron chi connectivity index (χ3n) is 0.545. The molecule has 0 saturated carbocycles. The van der Waals surface area contributed by atoms with Crippen molar-refractivity contribution in [3.05, 3.63) is 0 Å². The number of aliphatic hydroxyl groups excluding tert-OH is 1. The van der Waals surface area contributed by atoms with Crippen molar-refractivity contribution in [2.45, 2.75) is 6.92 Å². The fourth-order valence-corrected chi connectivity index (χ4v) is 0.228. The van der Waals surface area contributed by atoms with Crippen LogP contribution in [-0.4, -0.2) is 18.3 Å². The molecule has 2 nitrogen and oxygen atoms in total. The molecule has 0 aliphatic rings. The summed E-state index contributed by atoms with van der Waals surface area (Å²) in [5, 5.41) is 8.13. The quantitative estimate of drug-likeness (QED) is 0.393. The molecule has 0 atom stereocenters. The molecule has 48 valence electrons. The molecule has 0 aromatic carbocycles. The Morgan fingerprint density at radius 3 is 2.78 bits per heavy atom. The van der Waals surface area contributed by atoms with Crippen LogP contribution in [0.1, 0.15) is 6.92 Å². The minimum absolute atomic E-state index is 0.167. The molecule has 1 N–H and O–H groups in total.